The van der Waals surface area contributed by atoms with Crippen LogP contribution in [0.15, 0.2) is 30.3 Å². The molecule has 0 heterocycles. The number of nitrogens with one attached hydrogen (secondary N) is 1. The largest absolute Gasteiger partial charge is 0.356 e. The number of hydrogen-bond acceptors (Lipinski definition) is 2. The van der Waals surface area contributed by atoms with E-state index in [1.54, 1.807) is 0 Å². The summed E-state index contributed by atoms with van der Waals surface area (Å²) in [6.07, 6.45) is 3.33. The topological polar surface area (TPSA) is 55.1 Å². The first-order valence-electron chi connectivity index (χ1n) is 7.04. The van der Waals surface area contributed by atoms with Gasteiger partial charge < -0.3 is 11.1 Å². The van der Waals surface area contributed by atoms with Crippen LogP contribution in [0.4, 0.5) is 0 Å². The minimum atomic E-state index is 0.140. The number of hydrogen-bond donors (Lipinski definition) is 2. The van der Waals surface area contributed by atoms with E-state index in [1.807, 2.05) is 18.2 Å². The summed E-state index contributed by atoms with van der Waals surface area (Å²) in [5, 5.41) is 2.98. The molecule has 1 amide bonds. The molecule has 0 aromatic heterocycles. The Balaban J connectivity index is 2.18. The van der Waals surface area contributed by atoms with E-state index in [4.69, 9.17) is 5.73 Å². The number of carbonyl (C=O) groups excluding carboxylic acids is 1. The van der Waals surface area contributed by atoms with Crippen LogP contribution in [0.3, 0.4) is 0 Å². The zero-order valence-corrected chi connectivity index (χ0v) is 12.1. The molecule has 0 saturated heterocycles. The van der Waals surface area contributed by atoms with E-state index >= 15 is 0 Å². The van der Waals surface area contributed by atoms with E-state index in [0.717, 1.165) is 19.3 Å². The molecular weight excluding hydrogens is 236 g/mol. The summed E-state index contributed by atoms with van der Waals surface area (Å²) in [6, 6.07) is 10.2. The molecule has 3 N–H and O–H groups in total. The van der Waals surface area contributed by atoms with Crippen LogP contribution in [0.25, 0.3) is 0 Å². The molecule has 1 rings (SSSR count). The molecule has 0 aliphatic heterocycles. The predicted octanol–water partition coefficient (Wildman–Crippen LogP) is 2.50. The molecule has 0 saturated carbocycles. The number of benzene rings is 1. The van der Waals surface area contributed by atoms with Crippen molar-refractivity contribution in [2.24, 2.45) is 11.1 Å². The fourth-order valence-corrected chi connectivity index (χ4v) is 2.05. The summed E-state index contributed by atoms with van der Waals surface area (Å²) in [4.78, 5) is 11.7. The van der Waals surface area contributed by atoms with Gasteiger partial charge in [0.2, 0.25) is 5.91 Å². The van der Waals surface area contributed by atoms with Crippen molar-refractivity contribution in [1.82, 2.24) is 5.32 Å². The lowest BCUT2D eigenvalue weighted by Crippen LogP contribution is -2.27. The Morgan fingerprint density at radius 2 is 1.89 bits per heavy atom. The zero-order chi connectivity index (χ0) is 14.1. The van der Waals surface area contributed by atoms with E-state index in [-0.39, 0.29) is 11.3 Å². The van der Waals surface area contributed by atoms with Gasteiger partial charge >= 0.3 is 0 Å². The van der Waals surface area contributed by atoms with Crippen molar-refractivity contribution in [2.75, 3.05) is 13.1 Å². The normalized spacial score (nSPS) is 11.3. The number of amides is 1. The molecule has 19 heavy (non-hydrogen) atoms. The summed E-state index contributed by atoms with van der Waals surface area (Å²) >= 11 is 0. The molecule has 0 radical (unpaired) electrons. The standard InChI is InChI=1S/C16H26N2O/c1-16(2,11-12-17)10-8-15(19)18-13-9-14-6-4-3-5-7-14/h3-7H,8-13,17H2,1-2H3,(H,18,19). The molecule has 1 aromatic rings. The predicted molar refractivity (Wildman–Crippen MR) is 79.8 cm³/mol. The highest BCUT2D eigenvalue weighted by atomic mass is 16.1. The van der Waals surface area contributed by atoms with Crippen molar-refractivity contribution in [1.29, 1.82) is 0 Å². The average Bonchev–Trinajstić information content (AvgIpc) is 2.38. The molecule has 106 valence electrons. The Bertz CT molecular complexity index is 374. The molecule has 0 unspecified atom stereocenters. The van der Waals surface area contributed by atoms with Gasteiger partial charge in [-0.2, -0.15) is 0 Å². The first-order chi connectivity index (χ1) is 9.03. The quantitative estimate of drug-likeness (QED) is 0.756. The maximum absolute atomic E-state index is 11.7. The van der Waals surface area contributed by atoms with Crippen LogP contribution < -0.4 is 11.1 Å². The van der Waals surface area contributed by atoms with Gasteiger partial charge in [0.25, 0.3) is 0 Å². The SMILES string of the molecule is CC(C)(CCN)CCC(=O)NCCc1ccccc1. The summed E-state index contributed by atoms with van der Waals surface area (Å²) in [5.74, 6) is 0.140. The van der Waals surface area contributed by atoms with Crippen molar-refractivity contribution in [3.8, 4) is 0 Å². The van der Waals surface area contributed by atoms with Gasteiger partial charge in [0.1, 0.15) is 0 Å². The Labute approximate surface area is 116 Å². The molecule has 0 fully saturated rings. The fraction of sp³-hybridized carbons (Fsp3) is 0.562. The molecule has 1 aromatic carbocycles. The maximum atomic E-state index is 11.7. The second-order valence-electron chi connectivity index (χ2n) is 5.79. The Morgan fingerprint density at radius 1 is 1.21 bits per heavy atom. The highest BCUT2D eigenvalue weighted by Gasteiger charge is 2.17. The second-order valence-corrected chi connectivity index (χ2v) is 5.79. The van der Waals surface area contributed by atoms with E-state index in [2.05, 4.69) is 31.3 Å². The first-order valence-corrected chi connectivity index (χ1v) is 7.04. The Morgan fingerprint density at radius 3 is 2.53 bits per heavy atom. The maximum Gasteiger partial charge on any atom is 0.220 e. The smallest absolute Gasteiger partial charge is 0.220 e. The number of rotatable bonds is 8. The minimum absolute atomic E-state index is 0.140. The van der Waals surface area contributed by atoms with Crippen LogP contribution in [0.1, 0.15) is 38.7 Å². The monoisotopic (exact) mass is 262 g/mol. The molecule has 3 nitrogen and oxygen atoms in total. The van der Waals surface area contributed by atoms with E-state index < -0.39 is 0 Å². The summed E-state index contributed by atoms with van der Waals surface area (Å²) in [5.41, 5.74) is 6.98. The van der Waals surface area contributed by atoms with E-state index in [1.165, 1.54) is 5.56 Å². The van der Waals surface area contributed by atoms with Crippen molar-refractivity contribution < 1.29 is 4.79 Å². The van der Waals surface area contributed by atoms with E-state index in [9.17, 15) is 4.79 Å². The van der Waals surface area contributed by atoms with Crippen LogP contribution >= 0.6 is 0 Å². The van der Waals surface area contributed by atoms with E-state index in [0.29, 0.717) is 19.5 Å². The average molecular weight is 262 g/mol. The fourth-order valence-electron chi connectivity index (χ4n) is 2.05. The first kappa shape index (κ1) is 15.7. The third kappa shape index (κ3) is 6.97. The highest BCUT2D eigenvalue weighted by molar-refractivity contribution is 5.75. The van der Waals surface area contributed by atoms with Crippen molar-refractivity contribution in [3.63, 3.8) is 0 Å². The van der Waals surface area contributed by atoms with Crippen molar-refractivity contribution in [2.45, 2.75) is 39.5 Å². The van der Waals surface area contributed by atoms with Crippen LogP contribution in [0, 0.1) is 5.41 Å². The third-order valence-corrected chi connectivity index (χ3v) is 3.43. The van der Waals surface area contributed by atoms with Crippen molar-refractivity contribution >= 4 is 5.91 Å². The van der Waals surface area contributed by atoms with Crippen molar-refractivity contribution in [3.05, 3.63) is 35.9 Å². The lowest BCUT2D eigenvalue weighted by atomic mass is 9.84. The van der Waals surface area contributed by atoms with Crippen LogP contribution in [-0.4, -0.2) is 19.0 Å². The number of nitrogens with two attached hydrogens (primary N) is 1. The molecule has 0 atom stereocenters. The van der Waals surface area contributed by atoms with Crippen LogP contribution in [0.5, 0.6) is 0 Å². The van der Waals surface area contributed by atoms with Gasteiger partial charge in [-0.1, -0.05) is 44.2 Å². The summed E-state index contributed by atoms with van der Waals surface area (Å²) < 4.78 is 0. The Hall–Kier alpha value is -1.35. The van der Waals surface area contributed by atoms with Gasteiger partial charge in [0, 0.05) is 13.0 Å². The third-order valence-electron chi connectivity index (χ3n) is 3.43. The zero-order valence-electron chi connectivity index (χ0n) is 12.1. The summed E-state index contributed by atoms with van der Waals surface area (Å²) in [7, 11) is 0. The Kier molecular flexibility index (Phi) is 6.57. The lowest BCUT2D eigenvalue weighted by Gasteiger charge is -2.23. The highest BCUT2D eigenvalue weighted by Crippen LogP contribution is 2.25. The second kappa shape index (κ2) is 7.95. The molecule has 3 heteroatoms. The minimum Gasteiger partial charge on any atom is -0.356 e. The van der Waals surface area contributed by atoms with Gasteiger partial charge in [-0.3, -0.25) is 4.79 Å². The summed E-state index contributed by atoms with van der Waals surface area (Å²) in [6.45, 7) is 5.72. The molecule has 0 aliphatic carbocycles. The van der Waals surface area contributed by atoms with Crippen LogP contribution in [0.2, 0.25) is 0 Å². The van der Waals surface area contributed by atoms with Gasteiger partial charge in [-0.05, 0) is 36.8 Å². The lowest BCUT2D eigenvalue weighted by molar-refractivity contribution is -0.121. The van der Waals surface area contributed by atoms with Gasteiger partial charge in [0.05, 0.1) is 0 Å². The van der Waals surface area contributed by atoms with Gasteiger partial charge in [-0.25, -0.2) is 0 Å². The number of carbonyl (C=O) groups is 1. The van der Waals surface area contributed by atoms with Crippen LogP contribution in [-0.2, 0) is 11.2 Å². The van der Waals surface area contributed by atoms with Gasteiger partial charge in [-0.15, -0.1) is 0 Å². The molecule has 0 aliphatic rings. The molecule has 0 spiro atoms. The molecular formula is C16H26N2O. The van der Waals surface area contributed by atoms with Gasteiger partial charge in [0.15, 0.2) is 0 Å². The molecule has 0 bridgehead atoms.